The van der Waals surface area contributed by atoms with Crippen LogP contribution in [0.4, 0.5) is 5.69 Å². The van der Waals surface area contributed by atoms with Crippen LogP contribution in [0.5, 0.6) is 0 Å². The van der Waals surface area contributed by atoms with Crippen molar-refractivity contribution in [3.8, 4) is 16.9 Å². The molecular formula is C33H35N4O3S+. The standard InChI is InChI=1S/C33H34N4O3S/c1-21-10-15-31(41(38,39)40)29(17-21)30-20-28(35(5)6)19-26-12-14-27(36(7)32(26)30)13-11-25-18-23(3)37(24(25)4)33-22(2)9-8-16-34-33/h8-20H,1-7H3/p+1. The number of anilines is 1. The molecule has 0 atom stereocenters. The summed E-state index contributed by atoms with van der Waals surface area (Å²) in [5, 5.41) is 0.956. The molecule has 41 heavy (non-hydrogen) atoms. The molecule has 0 bridgehead atoms. The fourth-order valence-corrected chi connectivity index (χ4v) is 6.12. The normalized spacial score (nSPS) is 12.0. The Morgan fingerprint density at radius 2 is 1.68 bits per heavy atom. The number of aryl methyl sites for hydroxylation is 4. The van der Waals surface area contributed by atoms with E-state index in [4.69, 9.17) is 0 Å². The lowest BCUT2D eigenvalue weighted by Crippen LogP contribution is -2.33. The van der Waals surface area contributed by atoms with Gasteiger partial charge in [-0.05, 0) is 87.4 Å². The minimum atomic E-state index is -4.45. The van der Waals surface area contributed by atoms with Crippen molar-refractivity contribution in [3.05, 3.63) is 101 Å². The van der Waals surface area contributed by atoms with Crippen LogP contribution < -0.4 is 9.47 Å². The summed E-state index contributed by atoms with van der Waals surface area (Å²) in [7, 11) is 1.43. The molecule has 1 N–H and O–H groups in total. The number of hydrogen-bond donors (Lipinski definition) is 1. The Labute approximate surface area is 241 Å². The molecule has 0 saturated carbocycles. The summed E-state index contributed by atoms with van der Waals surface area (Å²) in [5.41, 5.74) is 9.21. The fourth-order valence-electron chi connectivity index (χ4n) is 5.44. The average Bonchev–Trinajstić information content (AvgIpc) is 3.19. The maximum absolute atomic E-state index is 12.4. The van der Waals surface area contributed by atoms with Gasteiger partial charge in [0.2, 0.25) is 11.2 Å². The quantitative estimate of drug-likeness (QED) is 0.194. The van der Waals surface area contributed by atoms with E-state index in [0.29, 0.717) is 5.56 Å². The van der Waals surface area contributed by atoms with Gasteiger partial charge in [-0.1, -0.05) is 17.7 Å². The third-order valence-corrected chi connectivity index (χ3v) is 8.51. The molecule has 0 aliphatic carbocycles. The van der Waals surface area contributed by atoms with E-state index in [-0.39, 0.29) is 4.90 Å². The monoisotopic (exact) mass is 567 g/mol. The van der Waals surface area contributed by atoms with E-state index >= 15 is 0 Å². The molecule has 0 fully saturated rings. The van der Waals surface area contributed by atoms with Gasteiger partial charge in [0.05, 0.1) is 5.56 Å². The highest BCUT2D eigenvalue weighted by atomic mass is 32.2. The largest absolute Gasteiger partial charge is 0.378 e. The molecule has 0 saturated heterocycles. The molecule has 7 nitrogen and oxygen atoms in total. The van der Waals surface area contributed by atoms with Crippen LogP contribution in [0.25, 0.3) is 40.0 Å². The van der Waals surface area contributed by atoms with Gasteiger partial charge in [-0.25, -0.2) is 4.98 Å². The van der Waals surface area contributed by atoms with Crippen molar-refractivity contribution in [3.63, 3.8) is 0 Å². The maximum atomic E-state index is 12.4. The van der Waals surface area contributed by atoms with Crippen LogP contribution in [0.2, 0.25) is 0 Å². The Hall–Kier alpha value is -4.27. The molecule has 0 radical (unpaired) electrons. The van der Waals surface area contributed by atoms with E-state index in [9.17, 15) is 13.0 Å². The summed E-state index contributed by atoms with van der Waals surface area (Å²) in [6, 6.07) is 19.3. The van der Waals surface area contributed by atoms with Gasteiger partial charge in [0.1, 0.15) is 17.8 Å². The molecule has 3 heterocycles. The minimum Gasteiger partial charge on any atom is -0.378 e. The predicted molar refractivity (Wildman–Crippen MR) is 166 cm³/mol. The zero-order valence-corrected chi connectivity index (χ0v) is 25.3. The number of pyridine rings is 2. The Morgan fingerprint density at radius 3 is 2.37 bits per heavy atom. The highest BCUT2D eigenvalue weighted by Gasteiger charge is 2.24. The first-order chi connectivity index (χ1) is 19.4. The summed E-state index contributed by atoms with van der Waals surface area (Å²) in [6.07, 6.45) is 5.98. The van der Waals surface area contributed by atoms with Crippen molar-refractivity contribution in [2.24, 2.45) is 7.05 Å². The topological polar surface area (TPSA) is 79.3 Å². The second kappa shape index (κ2) is 10.6. The van der Waals surface area contributed by atoms with Crippen LogP contribution in [0, 0.1) is 27.7 Å². The summed E-state index contributed by atoms with van der Waals surface area (Å²) in [4.78, 5) is 6.48. The van der Waals surface area contributed by atoms with Gasteiger partial charge < -0.3 is 9.47 Å². The summed E-state index contributed by atoms with van der Waals surface area (Å²) < 4.78 is 39.2. The van der Waals surface area contributed by atoms with Crippen molar-refractivity contribution in [1.29, 1.82) is 0 Å². The Balaban J connectivity index is 1.70. The second-order valence-electron chi connectivity index (χ2n) is 10.8. The van der Waals surface area contributed by atoms with E-state index in [1.165, 1.54) is 6.07 Å². The Morgan fingerprint density at radius 1 is 0.927 bits per heavy atom. The van der Waals surface area contributed by atoms with E-state index < -0.39 is 10.1 Å². The van der Waals surface area contributed by atoms with E-state index in [2.05, 4.69) is 77.4 Å². The molecule has 5 aromatic rings. The first-order valence-electron chi connectivity index (χ1n) is 13.4. The number of fused-ring (bicyclic) bond motifs is 1. The molecule has 8 heteroatoms. The Bertz CT molecular complexity index is 1950. The smallest absolute Gasteiger partial charge is 0.295 e. The van der Waals surface area contributed by atoms with Crippen LogP contribution >= 0.6 is 0 Å². The lowest BCUT2D eigenvalue weighted by molar-refractivity contribution is -0.646. The third-order valence-electron chi connectivity index (χ3n) is 7.60. The second-order valence-corrected chi connectivity index (χ2v) is 12.1. The number of hydrogen-bond acceptors (Lipinski definition) is 4. The Kier molecular flexibility index (Phi) is 7.32. The first kappa shape index (κ1) is 28.3. The van der Waals surface area contributed by atoms with Crippen LogP contribution in [0.15, 0.2) is 71.8 Å². The number of rotatable bonds is 6. The average molecular weight is 568 g/mol. The predicted octanol–water partition coefficient (Wildman–Crippen LogP) is 6.23. The van der Waals surface area contributed by atoms with Crippen LogP contribution in [-0.2, 0) is 17.2 Å². The third kappa shape index (κ3) is 5.28. The van der Waals surface area contributed by atoms with Crippen molar-refractivity contribution in [2.75, 3.05) is 19.0 Å². The number of aromatic nitrogens is 3. The van der Waals surface area contributed by atoms with Crippen molar-refractivity contribution < 1.29 is 17.5 Å². The molecule has 0 amide bonds. The molecule has 3 aromatic heterocycles. The molecule has 0 unspecified atom stereocenters. The van der Waals surface area contributed by atoms with Crippen LogP contribution in [0.1, 0.15) is 33.8 Å². The van der Waals surface area contributed by atoms with Crippen molar-refractivity contribution in [1.82, 2.24) is 9.55 Å². The molecule has 0 aliphatic heterocycles. The molecule has 0 aliphatic rings. The van der Waals surface area contributed by atoms with Gasteiger partial charge in [-0.3, -0.25) is 4.55 Å². The lowest BCUT2D eigenvalue weighted by Gasteiger charge is -2.17. The SMILES string of the molecule is Cc1ccc(S(=O)(=O)O)c(-c2cc(N(C)C)cc3ccc(/C=C/c4cc(C)n(-c5ncccc5C)c4C)[n+](C)c23)c1. The molecule has 5 rings (SSSR count). The van der Waals surface area contributed by atoms with Gasteiger partial charge >= 0.3 is 0 Å². The highest BCUT2D eigenvalue weighted by Crippen LogP contribution is 2.36. The molecule has 210 valence electrons. The van der Waals surface area contributed by atoms with Gasteiger partial charge in [0.25, 0.3) is 10.1 Å². The fraction of sp³-hybridized carbons (Fsp3) is 0.212. The zero-order valence-electron chi connectivity index (χ0n) is 24.5. The number of benzene rings is 2. The molecule has 2 aromatic carbocycles. The zero-order chi connectivity index (χ0) is 29.6. The minimum absolute atomic E-state index is 0.112. The molecular weight excluding hydrogens is 532 g/mol. The molecule has 0 spiro atoms. The summed E-state index contributed by atoms with van der Waals surface area (Å²) in [5.74, 6) is 0.924. The van der Waals surface area contributed by atoms with E-state index in [0.717, 1.165) is 61.7 Å². The lowest BCUT2D eigenvalue weighted by atomic mass is 9.98. The van der Waals surface area contributed by atoms with Crippen LogP contribution in [-0.4, -0.2) is 36.6 Å². The van der Waals surface area contributed by atoms with E-state index in [1.54, 1.807) is 6.07 Å². The summed E-state index contributed by atoms with van der Waals surface area (Å²) >= 11 is 0. The van der Waals surface area contributed by atoms with E-state index in [1.807, 2.05) is 57.4 Å². The van der Waals surface area contributed by atoms with Crippen LogP contribution in [0.3, 0.4) is 0 Å². The van der Waals surface area contributed by atoms with Crippen molar-refractivity contribution in [2.45, 2.75) is 32.6 Å². The van der Waals surface area contributed by atoms with Gasteiger partial charge in [-0.2, -0.15) is 13.0 Å². The van der Waals surface area contributed by atoms with Gasteiger partial charge in [0.15, 0.2) is 0 Å². The first-order valence-corrected chi connectivity index (χ1v) is 14.8. The van der Waals surface area contributed by atoms with Gasteiger partial charge in [0, 0.05) is 60.5 Å². The maximum Gasteiger partial charge on any atom is 0.295 e. The summed E-state index contributed by atoms with van der Waals surface area (Å²) in [6.45, 7) is 8.15. The van der Waals surface area contributed by atoms with Gasteiger partial charge in [-0.15, -0.1) is 0 Å². The van der Waals surface area contributed by atoms with Crippen molar-refractivity contribution >= 4 is 38.9 Å². The highest BCUT2D eigenvalue weighted by molar-refractivity contribution is 7.86. The number of nitrogens with zero attached hydrogens (tertiary/aromatic N) is 4.